The highest BCUT2D eigenvalue weighted by Gasteiger charge is 2.21. The molecule has 0 fully saturated rings. The van der Waals surface area contributed by atoms with Gasteiger partial charge >= 0.3 is 11.9 Å². The zero-order valence-corrected chi connectivity index (χ0v) is 39.6. The summed E-state index contributed by atoms with van der Waals surface area (Å²) in [5.74, 6) is -1.06. The first-order valence-electron chi connectivity index (χ1n) is 22.8. The molecule has 0 aliphatic heterocycles. The summed E-state index contributed by atoms with van der Waals surface area (Å²) in [7, 11) is 1.00. The van der Waals surface area contributed by atoms with Crippen molar-refractivity contribution in [1.29, 1.82) is 0 Å². The number of allylic oxidation sites excluding steroid dienone is 14. The van der Waals surface area contributed by atoms with Crippen LogP contribution in [0.1, 0.15) is 129 Å². The Morgan fingerprint density at radius 2 is 1.23 bits per heavy atom. The summed E-state index contributed by atoms with van der Waals surface area (Å²) >= 11 is 0. The molecule has 0 amide bonds. The number of phosphoric ester groups is 1. The first kappa shape index (κ1) is 58.6. The van der Waals surface area contributed by atoms with E-state index in [1.807, 2.05) is 63.7 Å². The van der Waals surface area contributed by atoms with Gasteiger partial charge in [0.15, 0.2) is 6.10 Å². The number of aliphatic hydroxyl groups is 2. The van der Waals surface area contributed by atoms with E-state index in [0.717, 1.165) is 51.4 Å². The van der Waals surface area contributed by atoms with Crippen molar-refractivity contribution < 1.29 is 52.3 Å². The number of aliphatic hydroxyl groups excluding tert-OH is 2. The summed E-state index contributed by atoms with van der Waals surface area (Å²) in [5.41, 5.74) is 0. The van der Waals surface area contributed by atoms with Gasteiger partial charge in [-0.15, -0.1) is 0 Å². The van der Waals surface area contributed by atoms with Crippen molar-refractivity contribution in [2.45, 2.75) is 148 Å². The molecule has 62 heavy (non-hydrogen) atoms. The molecule has 4 atom stereocenters. The van der Waals surface area contributed by atoms with E-state index >= 15 is 0 Å². The van der Waals surface area contributed by atoms with Crippen molar-refractivity contribution in [2.24, 2.45) is 0 Å². The van der Waals surface area contributed by atoms with E-state index in [9.17, 15) is 29.3 Å². The zero-order valence-electron chi connectivity index (χ0n) is 38.7. The SMILES string of the molecule is CC/C=C\C[C@H](O)/C=C/C=C\C/C=C\C=C\[C@H](O)/C=C\CCCC(=O)O[C@H](COC(=O)CCCCCC/C=C\C/C=C\C/C=C\CCCCC)COP(=O)([O-])OCC[N+](C)(C)C. The number of carbonyl (C=O) groups excluding carboxylic acids is 2. The second-order valence-corrected chi connectivity index (χ2v) is 17.5. The van der Waals surface area contributed by atoms with Gasteiger partial charge in [0.1, 0.15) is 19.8 Å². The van der Waals surface area contributed by atoms with Crippen molar-refractivity contribution in [3.8, 4) is 0 Å². The van der Waals surface area contributed by atoms with Gasteiger partial charge in [-0.1, -0.05) is 149 Å². The number of rotatable bonds is 39. The molecule has 0 saturated heterocycles. The van der Waals surface area contributed by atoms with Crippen molar-refractivity contribution in [3.63, 3.8) is 0 Å². The van der Waals surface area contributed by atoms with Gasteiger partial charge in [-0.05, 0) is 77.0 Å². The van der Waals surface area contributed by atoms with Crippen LogP contribution in [-0.4, -0.2) is 92.5 Å². The smallest absolute Gasteiger partial charge is 0.306 e. The van der Waals surface area contributed by atoms with E-state index in [2.05, 4.69) is 50.3 Å². The lowest BCUT2D eigenvalue weighted by molar-refractivity contribution is -0.870. The standard InChI is InChI=1S/C50H82NO10P/c1-6-8-10-11-12-13-14-15-16-17-18-19-20-21-25-28-34-40-49(54)58-44-48(45-60-62(56,57)59-43-42-51(3,4)5)61-50(55)41-35-29-33-39-47(53)38-32-27-24-22-23-26-31-37-46(52)36-30-9-7-2/h9,12-13,15-16,18-19,23-24,26-27,30-33,37-39,46-48,52-53H,6-8,10-11,14,17,20-22,25,28-29,34-36,40-45H2,1-5H3/b13-12-,16-15-,19-18-,26-23-,27-24-,30-9-,37-31+,38-32+,39-33-/t46-,47-,48+/m0/s1. The molecule has 0 saturated carbocycles. The monoisotopic (exact) mass is 888 g/mol. The highest BCUT2D eigenvalue weighted by Crippen LogP contribution is 2.38. The van der Waals surface area contributed by atoms with Crippen LogP contribution in [0.3, 0.4) is 0 Å². The summed E-state index contributed by atoms with van der Waals surface area (Å²) < 4.78 is 33.7. The largest absolute Gasteiger partial charge is 0.756 e. The van der Waals surface area contributed by atoms with E-state index < -0.39 is 44.7 Å². The Morgan fingerprint density at radius 1 is 0.629 bits per heavy atom. The minimum absolute atomic E-state index is 0.0266. The van der Waals surface area contributed by atoms with Crippen LogP contribution in [0.15, 0.2) is 109 Å². The molecule has 0 aliphatic carbocycles. The highest BCUT2D eigenvalue weighted by atomic mass is 31.2. The number of carbonyl (C=O) groups is 2. The second kappa shape index (κ2) is 40.4. The van der Waals surface area contributed by atoms with E-state index in [4.69, 9.17) is 18.5 Å². The summed E-state index contributed by atoms with van der Waals surface area (Å²) in [6, 6.07) is 0. The van der Waals surface area contributed by atoms with Crippen LogP contribution in [-0.2, 0) is 32.7 Å². The van der Waals surface area contributed by atoms with Crippen LogP contribution in [0.5, 0.6) is 0 Å². The molecular weight excluding hydrogens is 806 g/mol. The molecule has 0 bridgehead atoms. The fraction of sp³-hybridized carbons (Fsp3) is 0.600. The van der Waals surface area contributed by atoms with Crippen molar-refractivity contribution in [3.05, 3.63) is 109 Å². The van der Waals surface area contributed by atoms with Gasteiger partial charge in [-0.2, -0.15) is 0 Å². The first-order chi connectivity index (χ1) is 29.8. The molecule has 0 spiro atoms. The Kier molecular flexibility index (Phi) is 38.1. The van der Waals surface area contributed by atoms with Gasteiger partial charge in [0.2, 0.25) is 0 Å². The van der Waals surface area contributed by atoms with Gasteiger partial charge in [-0.25, -0.2) is 0 Å². The van der Waals surface area contributed by atoms with Gasteiger partial charge in [0.05, 0.1) is 40.0 Å². The normalized spacial score (nSPS) is 15.5. The molecule has 0 radical (unpaired) electrons. The summed E-state index contributed by atoms with van der Waals surface area (Å²) in [4.78, 5) is 37.6. The highest BCUT2D eigenvalue weighted by molar-refractivity contribution is 7.45. The maximum atomic E-state index is 12.7. The lowest BCUT2D eigenvalue weighted by Gasteiger charge is -2.28. The molecular formula is C50H82NO10P. The Labute approximate surface area is 375 Å². The number of likely N-dealkylation sites (N-methyl/N-ethyl adjacent to an activating group) is 1. The molecule has 352 valence electrons. The molecule has 12 heteroatoms. The Bertz CT molecular complexity index is 1450. The first-order valence-corrected chi connectivity index (χ1v) is 24.3. The predicted octanol–water partition coefficient (Wildman–Crippen LogP) is 10.4. The van der Waals surface area contributed by atoms with Gasteiger partial charge < -0.3 is 38.1 Å². The lowest BCUT2D eigenvalue weighted by Crippen LogP contribution is -2.37. The third-order valence-electron chi connectivity index (χ3n) is 8.95. The van der Waals surface area contributed by atoms with Crippen molar-refractivity contribution in [1.82, 2.24) is 0 Å². The maximum Gasteiger partial charge on any atom is 0.306 e. The van der Waals surface area contributed by atoms with Gasteiger partial charge in [-0.3, -0.25) is 14.2 Å². The number of ether oxygens (including phenoxy) is 2. The molecule has 0 aliphatic rings. The number of nitrogens with zero attached hydrogens (tertiary/aromatic N) is 1. The number of phosphoric acid groups is 1. The molecule has 0 rings (SSSR count). The minimum Gasteiger partial charge on any atom is -0.756 e. The van der Waals surface area contributed by atoms with Crippen molar-refractivity contribution >= 4 is 19.8 Å². The Morgan fingerprint density at radius 3 is 1.89 bits per heavy atom. The molecule has 11 nitrogen and oxygen atoms in total. The minimum atomic E-state index is -4.70. The third-order valence-corrected chi connectivity index (χ3v) is 9.92. The maximum absolute atomic E-state index is 12.7. The summed E-state index contributed by atoms with van der Waals surface area (Å²) in [5, 5.41) is 20.1. The average Bonchev–Trinajstić information content (AvgIpc) is 3.21. The van der Waals surface area contributed by atoms with Gasteiger partial charge in [0, 0.05) is 12.8 Å². The summed E-state index contributed by atoms with van der Waals surface area (Å²) in [6.07, 6.45) is 47.6. The molecule has 0 aromatic heterocycles. The molecule has 0 heterocycles. The number of quaternary nitrogens is 1. The van der Waals surface area contributed by atoms with Crippen LogP contribution in [0.25, 0.3) is 0 Å². The number of hydrogen-bond acceptors (Lipinski definition) is 10. The quantitative estimate of drug-likeness (QED) is 0.0152. The van der Waals surface area contributed by atoms with Crippen LogP contribution >= 0.6 is 7.82 Å². The predicted molar refractivity (Wildman–Crippen MR) is 252 cm³/mol. The Hall–Kier alpha value is -3.41. The van der Waals surface area contributed by atoms with E-state index in [-0.39, 0.29) is 26.1 Å². The van der Waals surface area contributed by atoms with Gasteiger partial charge in [0.25, 0.3) is 7.82 Å². The van der Waals surface area contributed by atoms with Crippen molar-refractivity contribution in [2.75, 3.05) is 47.5 Å². The van der Waals surface area contributed by atoms with E-state index in [0.29, 0.717) is 43.1 Å². The van der Waals surface area contributed by atoms with Crippen LogP contribution in [0, 0.1) is 0 Å². The second-order valence-electron chi connectivity index (χ2n) is 16.1. The lowest BCUT2D eigenvalue weighted by atomic mass is 10.1. The molecule has 0 aromatic carbocycles. The number of esters is 2. The van der Waals surface area contributed by atoms with E-state index in [1.165, 1.54) is 19.3 Å². The molecule has 1 unspecified atom stereocenters. The molecule has 0 aromatic rings. The fourth-order valence-electron chi connectivity index (χ4n) is 5.34. The fourth-order valence-corrected chi connectivity index (χ4v) is 6.07. The van der Waals surface area contributed by atoms with E-state index in [1.54, 1.807) is 30.4 Å². The molecule has 2 N–H and O–H groups in total. The third kappa shape index (κ3) is 43.2. The zero-order chi connectivity index (χ0) is 46.0. The Balaban J connectivity index is 4.66. The number of unbranched alkanes of at least 4 members (excludes halogenated alkanes) is 8. The topological polar surface area (TPSA) is 152 Å². The number of hydrogen-bond donors (Lipinski definition) is 2. The van der Waals surface area contributed by atoms with Crippen LogP contribution in [0.4, 0.5) is 0 Å². The summed E-state index contributed by atoms with van der Waals surface area (Å²) in [6.45, 7) is 3.72. The van der Waals surface area contributed by atoms with Crippen LogP contribution in [0.2, 0.25) is 0 Å². The average molecular weight is 888 g/mol. The van der Waals surface area contributed by atoms with Crippen LogP contribution < -0.4 is 4.89 Å².